The number of rotatable bonds is 2. The molecule has 1 aliphatic rings. The number of hydrogen-bond donors (Lipinski definition) is 1. The molecule has 1 fully saturated rings. The molecule has 0 saturated carbocycles. The summed E-state index contributed by atoms with van der Waals surface area (Å²) in [6.45, 7) is 5.08. The maximum atomic E-state index is 6.04. The Kier molecular flexibility index (Phi) is 5.43. The van der Waals surface area contributed by atoms with Crippen LogP contribution in [-0.4, -0.2) is 27.0 Å². The van der Waals surface area contributed by atoms with Crippen molar-refractivity contribution < 1.29 is 0 Å². The summed E-state index contributed by atoms with van der Waals surface area (Å²) in [7, 11) is 0. The number of amidine groups is 1. The summed E-state index contributed by atoms with van der Waals surface area (Å²) in [5.41, 5.74) is 3.04. The van der Waals surface area contributed by atoms with E-state index in [4.69, 9.17) is 28.8 Å². The third-order valence-electron chi connectivity index (χ3n) is 3.56. The summed E-state index contributed by atoms with van der Waals surface area (Å²) in [5, 5.41) is 5.93. The fourth-order valence-electron chi connectivity index (χ4n) is 2.36. The zero-order chi connectivity index (χ0) is 17.1. The van der Waals surface area contributed by atoms with Crippen LogP contribution in [0.15, 0.2) is 53.5 Å². The van der Waals surface area contributed by atoms with Crippen molar-refractivity contribution in [3.63, 3.8) is 0 Å². The van der Waals surface area contributed by atoms with Crippen molar-refractivity contribution in [2.45, 2.75) is 19.1 Å². The Morgan fingerprint density at radius 2 is 2.04 bits per heavy atom. The van der Waals surface area contributed by atoms with Gasteiger partial charge in [0.05, 0.1) is 5.69 Å². The monoisotopic (exact) mass is 375 g/mol. The van der Waals surface area contributed by atoms with Gasteiger partial charge in [-0.15, -0.1) is 0 Å². The molecule has 0 spiro atoms. The van der Waals surface area contributed by atoms with Gasteiger partial charge in [0, 0.05) is 22.5 Å². The van der Waals surface area contributed by atoms with Crippen LogP contribution in [0.3, 0.4) is 0 Å². The number of aryl methyl sites for hydroxylation is 1. The minimum Gasteiger partial charge on any atom is -0.332 e. The normalized spacial score (nSPS) is 18.9. The van der Waals surface area contributed by atoms with Gasteiger partial charge in [-0.05, 0) is 49.5 Å². The van der Waals surface area contributed by atoms with E-state index in [1.54, 1.807) is 11.8 Å². The molecule has 1 aliphatic heterocycles. The molecular weight excluding hydrogens is 358 g/mol. The van der Waals surface area contributed by atoms with Crippen molar-refractivity contribution in [2.75, 3.05) is 11.9 Å². The van der Waals surface area contributed by atoms with Gasteiger partial charge in [-0.25, -0.2) is 4.99 Å². The summed E-state index contributed by atoms with van der Waals surface area (Å²) in [5.74, 6) is 0. The molecule has 0 bridgehead atoms. The van der Waals surface area contributed by atoms with E-state index in [2.05, 4.69) is 31.3 Å². The van der Waals surface area contributed by atoms with Gasteiger partial charge >= 0.3 is 0 Å². The highest BCUT2D eigenvalue weighted by molar-refractivity contribution is 8.14. The van der Waals surface area contributed by atoms with E-state index in [0.717, 1.165) is 23.1 Å². The lowest BCUT2D eigenvalue weighted by molar-refractivity contribution is 0.641. The number of aliphatic imine (C=N–C) groups is 1. The van der Waals surface area contributed by atoms with Crippen molar-refractivity contribution >= 4 is 57.2 Å². The number of hydrogen-bond acceptors (Lipinski definition) is 3. The molecule has 124 valence electrons. The van der Waals surface area contributed by atoms with Gasteiger partial charge < -0.3 is 5.32 Å². The number of nitrogens with zero attached hydrogens (tertiary/aromatic N) is 2. The summed E-state index contributed by atoms with van der Waals surface area (Å²) in [4.78, 5) is 6.81. The topological polar surface area (TPSA) is 27.6 Å². The van der Waals surface area contributed by atoms with E-state index in [9.17, 15) is 0 Å². The number of nitrogens with one attached hydrogen (secondary N) is 1. The van der Waals surface area contributed by atoms with Crippen LogP contribution in [0.1, 0.15) is 12.5 Å². The molecule has 1 unspecified atom stereocenters. The van der Waals surface area contributed by atoms with Crippen LogP contribution in [0.5, 0.6) is 0 Å². The largest absolute Gasteiger partial charge is 0.332 e. The summed E-state index contributed by atoms with van der Waals surface area (Å²) >= 11 is 13.4. The highest BCUT2D eigenvalue weighted by Crippen LogP contribution is 2.29. The van der Waals surface area contributed by atoms with E-state index >= 15 is 0 Å². The Bertz CT molecular complexity index is 774. The van der Waals surface area contributed by atoms with E-state index in [-0.39, 0.29) is 0 Å². The molecule has 3 nitrogen and oxygen atoms in total. The number of halogens is 1. The van der Waals surface area contributed by atoms with Gasteiger partial charge in [-0.2, -0.15) is 0 Å². The van der Waals surface area contributed by atoms with Crippen molar-refractivity contribution in [1.82, 2.24) is 4.90 Å². The predicted octanol–water partition coefficient (Wildman–Crippen LogP) is 5.47. The van der Waals surface area contributed by atoms with Crippen LogP contribution < -0.4 is 5.32 Å². The molecule has 0 radical (unpaired) electrons. The third-order valence-corrected chi connectivity index (χ3v) is 5.19. The first-order valence-electron chi connectivity index (χ1n) is 7.67. The minimum atomic E-state index is 0.438. The highest BCUT2D eigenvalue weighted by atomic mass is 35.5. The SMILES string of the molecule is Cc1ccc(N=C2SC(C)CN2C(=S)Nc2cccc(Cl)c2)cc1. The molecule has 2 aromatic rings. The lowest BCUT2D eigenvalue weighted by Crippen LogP contribution is -2.36. The van der Waals surface area contributed by atoms with Gasteiger partial charge in [-0.3, -0.25) is 4.90 Å². The average Bonchev–Trinajstić information content (AvgIpc) is 2.90. The molecular formula is C18H18ClN3S2. The Hall–Kier alpha value is -1.56. The molecule has 3 rings (SSSR count). The van der Waals surface area contributed by atoms with Crippen molar-refractivity contribution in [3.05, 3.63) is 59.1 Å². The third kappa shape index (κ3) is 4.29. The molecule has 1 atom stereocenters. The van der Waals surface area contributed by atoms with Gasteiger partial charge in [0.15, 0.2) is 10.3 Å². The molecule has 2 aromatic carbocycles. The molecule has 6 heteroatoms. The second-order valence-electron chi connectivity index (χ2n) is 5.71. The second-order valence-corrected chi connectivity index (χ2v) is 7.94. The maximum Gasteiger partial charge on any atom is 0.179 e. The average molecular weight is 376 g/mol. The molecule has 0 amide bonds. The van der Waals surface area contributed by atoms with Crippen LogP contribution >= 0.6 is 35.6 Å². The molecule has 24 heavy (non-hydrogen) atoms. The Morgan fingerprint density at radius 3 is 2.75 bits per heavy atom. The van der Waals surface area contributed by atoms with Gasteiger partial charge in [0.25, 0.3) is 0 Å². The predicted molar refractivity (Wildman–Crippen MR) is 110 cm³/mol. The van der Waals surface area contributed by atoms with Crippen LogP contribution in [0.4, 0.5) is 11.4 Å². The summed E-state index contributed by atoms with van der Waals surface area (Å²) in [6.07, 6.45) is 0. The zero-order valence-corrected chi connectivity index (χ0v) is 15.9. The summed E-state index contributed by atoms with van der Waals surface area (Å²) < 4.78 is 0. The number of thioether (sulfide) groups is 1. The number of thiocarbonyl (C=S) groups is 1. The van der Waals surface area contributed by atoms with E-state index < -0.39 is 0 Å². The van der Waals surface area contributed by atoms with E-state index in [1.165, 1.54) is 5.56 Å². The molecule has 1 heterocycles. The van der Waals surface area contributed by atoms with Crippen LogP contribution in [0, 0.1) is 6.92 Å². The number of benzene rings is 2. The Balaban J connectivity index is 1.79. The standard InChI is InChI=1S/C18H18ClN3S2/c1-12-6-8-15(9-7-12)21-18-22(11-13(2)24-18)17(23)20-16-5-3-4-14(19)10-16/h3-10,13H,11H2,1-2H3,(H,20,23). The Morgan fingerprint density at radius 1 is 1.29 bits per heavy atom. The lowest BCUT2D eigenvalue weighted by atomic mass is 10.2. The van der Waals surface area contributed by atoms with Crippen molar-refractivity contribution in [3.8, 4) is 0 Å². The molecule has 0 aromatic heterocycles. The van der Waals surface area contributed by atoms with Gasteiger partial charge in [-0.1, -0.05) is 54.0 Å². The minimum absolute atomic E-state index is 0.438. The van der Waals surface area contributed by atoms with Crippen LogP contribution in [0.2, 0.25) is 5.02 Å². The highest BCUT2D eigenvalue weighted by Gasteiger charge is 2.28. The smallest absolute Gasteiger partial charge is 0.179 e. The maximum absolute atomic E-state index is 6.04. The quantitative estimate of drug-likeness (QED) is 0.704. The first-order valence-corrected chi connectivity index (χ1v) is 9.34. The van der Waals surface area contributed by atoms with Crippen LogP contribution in [-0.2, 0) is 0 Å². The lowest BCUT2D eigenvalue weighted by Gasteiger charge is -2.20. The van der Waals surface area contributed by atoms with Crippen molar-refractivity contribution in [2.24, 2.45) is 4.99 Å². The Labute approximate surface area is 157 Å². The zero-order valence-electron chi connectivity index (χ0n) is 13.5. The fraction of sp³-hybridized carbons (Fsp3) is 0.222. The first-order chi connectivity index (χ1) is 11.5. The van der Waals surface area contributed by atoms with Gasteiger partial charge in [0.2, 0.25) is 0 Å². The molecule has 1 saturated heterocycles. The summed E-state index contributed by atoms with van der Waals surface area (Å²) in [6, 6.07) is 15.7. The van der Waals surface area contributed by atoms with Gasteiger partial charge in [0.1, 0.15) is 0 Å². The van der Waals surface area contributed by atoms with Crippen molar-refractivity contribution in [1.29, 1.82) is 0 Å². The second kappa shape index (κ2) is 7.55. The van der Waals surface area contributed by atoms with Crippen LogP contribution in [0.25, 0.3) is 0 Å². The fourth-order valence-corrected chi connectivity index (χ4v) is 3.92. The molecule has 1 N–H and O–H groups in total. The molecule has 0 aliphatic carbocycles. The first kappa shape index (κ1) is 17.3. The van der Waals surface area contributed by atoms with E-state index in [0.29, 0.717) is 15.4 Å². The number of anilines is 1. The van der Waals surface area contributed by atoms with E-state index in [1.807, 2.05) is 41.3 Å².